The second-order valence-electron chi connectivity index (χ2n) is 5.56. The van der Waals surface area contributed by atoms with Crippen LogP contribution in [0, 0.1) is 16.0 Å². The molecule has 22 heavy (non-hydrogen) atoms. The van der Waals surface area contributed by atoms with Crippen molar-refractivity contribution in [2.75, 3.05) is 13.2 Å². The summed E-state index contributed by atoms with van der Waals surface area (Å²) in [4.78, 5) is 22.6. The van der Waals surface area contributed by atoms with E-state index in [4.69, 9.17) is 10.5 Å². The number of nitro benzene ring substituents is 1. The number of nitrogens with two attached hydrogens (primary N) is 1. The van der Waals surface area contributed by atoms with Gasteiger partial charge in [0.25, 0.3) is 5.69 Å². The Morgan fingerprint density at radius 1 is 1.45 bits per heavy atom. The number of benzene rings is 1. The molecule has 0 spiro atoms. The van der Waals surface area contributed by atoms with Crippen LogP contribution in [0.25, 0.3) is 0 Å². The third-order valence-corrected chi connectivity index (χ3v) is 4.02. The van der Waals surface area contributed by atoms with Crippen molar-refractivity contribution in [3.63, 3.8) is 0 Å². The first-order valence-electron chi connectivity index (χ1n) is 7.37. The van der Waals surface area contributed by atoms with E-state index in [0.717, 1.165) is 12.8 Å². The van der Waals surface area contributed by atoms with Crippen molar-refractivity contribution in [2.45, 2.75) is 31.8 Å². The Kier molecular flexibility index (Phi) is 5.46. The molecule has 0 saturated carbocycles. The number of ether oxygens (including phenoxy) is 1. The second-order valence-corrected chi connectivity index (χ2v) is 5.56. The highest BCUT2D eigenvalue weighted by Gasteiger charge is 2.27. The topological polar surface area (TPSA) is 107 Å². The van der Waals surface area contributed by atoms with Gasteiger partial charge < -0.3 is 15.8 Å². The third-order valence-electron chi connectivity index (χ3n) is 4.02. The van der Waals surface area contributed by atoms with E-state index in [2.05, 4.69) is 5.32 Å². The van der Waals surface area contributed by atoms with Crippen molar-refractivity contribution in [1.29, 1.82) is 0 Å². The van der Waals surface area contributed by atoms with Gasteiger partial charge in [-0.25, -0.2) is 0 Å². The number of carbonyl (C=O) groups excluding carboxylic acids is 1. The number of hydrogen-bond donors (Lipinski definition) is 2. The van der Waals surface area contributed by atoms with Gasteiger partial charge in [0.15, 0.2) is 0 Å². The fraction of sp³-hybridized carbons (Fsp3) is 0.533. The van der Waals surface area contributed by atoms with Gasteiger partial charge in [-0.3, -0.25) is 14.9 Å². The Hall–Kier alpha value is -1.99. The van der Waals surface area contributed by atoms with Crippen molar-refractivity contribution in [2.24, 2.45) is 11.7 Å². The molecule has 1 aliphatic rings. The molecular weight excluding hydrogens is 286 g/mol. The average molecular weight is 307 g/mol. The van der Waals surface area contributed by atoms with Crippen molar-refractivity contribution < 1.29 is 14.5 Å². The van der Waals surface area contributed by atoms with Crippen LogP contribution in [0.1, 0.15) is 31.4 Å². The van der Waals surface area contributed by atoms with Crippen LogP contribution in [0.3, 0.4) is 0 Å². The molecule has 1 aromatic rings. The minimum Gasteiger partial charge on any atom is -0.381 e. The van der Waals surface area contributed by atoms with E-state index < -0.39 is 11.0 Å². The molecule has 3 N–H and O–H groups in total. The standard InChI is InChI=1S/C15H21N3O4/c1-10(12-3-2-4-13(9-12)18(20)21)17-15(19)14(16)11-5-7-22-8-6-11/h2-4,9-11,14H,5-8,16H2,1H3,(H,17,19). The summed E-state index contributed by atoms with van der Waals surface area (Å²) in [6.45, 7) is 3.05. The number of hydrogen-bond acceptors (Lipinski definition) is 5. The van der Waals surface area contributed by atoms with Crippen LogP contribution in [0.15, 0.2) is 24.3 Å². The molecule has 2 unspecified atom stereocenters. The van der Waals surface area contributed by atoms with Gasteiger partial charge in [0, 0.05) is 25.3 Å². The van der Waals surface area contributed by atoms with Crippen LogP contribution < -0.4 is 11.1 Å². The Balaban J connectivity index is 1.98. The number of amides is 1. The zero-order valence-corrected chi connectivity index (χ0v) is 12.5. The number of nitrogens with one attached hydrogen (secondary N) is 1. The van der Waals surface area contributed by atoms with Gasteiger partial charge in [-0.15, -0.1) is 0 Å². The summed E-state index contributed by atoms with van der Waals surface area (Å²) >= 11 is 0. The van der Waals surface area contributed by atoms with E-state index in [9.17, 15) is 14.9 Å². The van der Waals surface area contributed by atoms with Crippen LogP contribution in [-0.4, -0.2) is 30.1 Å². The van der Waals surface area contributed by atoms with Gasteiger partial charge in [-0.2, -0.15) is 0 Å². The summed E-state index contributed by atoms with van der Waals surface area (Å²) < 4.78 is 5.26. The summed E-state index contributed by atoms with van der Waals surface area (Å²) in [7, 11) is 0. The first-order chi connectivity index (χ1) is 10.5. The Labute approximate surface area is 129 Å². The van der Waals surface area contributed by atoms with Crippen LogP contribution >= 0.6 is 0 Å². The SMILES string of the molecule is CC(NC(=O)C(N)C1CCOCC1)c1cccc([N+](=O)[O-])c1. The highest BCUT2D eigenvalue weighted by Crippen LogP contribution is 2.21. The first kappa shape index (κ1) is 16.4. The fourth-order valence-electron chi connectivity index (χ4n) is 2.59. The largest absolute Gasteiger partial charge is 0.381 e. The molecule has 1 aliphatic heterocycles. The first-order valence-corrected chi connectivity index (χ1v) is 7.37. The average Bonchev–Trinajstić information content (AvgIpc) is 2.54. The van der Waals surface area contributed by atoms with Crippen molar-refractivity contribution in [3.05, 3.63) is 39.9 Å². The molecule has 2 rings (SSSR count). The highest BCUT2D eigenvalue weighted by molar-refractivity contribution is 5.82. The minimum absolute atomic E-state index is 0.00678. The molecule has 1 fully saturated rings. The van der Waals surface area contributed by atoms with Gasteiger partial charge in [0.1, 0.15) is 0 Å². The molecule has 0 radical (unpaired) electrons. The molecule has 7 heteroatoms. The minimum atomic E-state index is -0.579. The quantitative estimate of drug-likeness (QED) is 0.633. The maximum atomic E-state index is 12.2. The molecule has 7 nitrogen and oxygen atoms in total. The fourth-order valence-corrected chi connectivity index (χ4v) is 2.59. The van der Waals surface area contributed by atoms with Gasteiger partial charge in [0.2, 0.25) is 5.91 Å². The number of non-ortho nitro benzene ring substituents is 1. The van der Waals surface area contributed by atoms with E-state index >= 15 is 0 Å². The number of carbonyl (C=O) groups is 1. The zero-order chi connectivity index (χ0) is 16.1. The lowest BCUT2D eigenvalue weighted by Crippen LogP contribution is -2.47. The highest BCUT2D eigenvalue weighted by atomic mass is 16.6. The van der Waals surface area contributed by atoms with Crippen molar-refractivity contribution in [1.82, 2.24) is 5.32 Å². The normalized spacial score (nSPS) is 18.5. The smallest absolute Gasteiger partial charge is 0.269 e. The van der Waals surface area contributed by atoms with E-state index in [1.54, 1.807) is 19.1 Å². The number of nitrogens with zero attached hydrogens (tertiary/aromatic N) is 1. The lowest BCUT2D eigenvalue weighted by molar-refractivity contribution is -0.384. The number of rotatable bonds is 5. The van der Waals surface area contributed by atoms with Gasteiger partial charge >= 0.3 is 0 Å². The maximum absolute atomic E-state index is 12.2. The molecule has 0 aliphatic carbocycles. The number of nitro groups is 1. The molecule has 1 heterocycles. The second kappa shape index (κ2) is 7.33. The van der Waals surface area contributed by atoms with Crippen LogP contribution in [0.2, 0.25) is 0 Å². The lowest BCUT2D eigenvalue weighted by atomic mass is 9.91. The van der Waals surface area contributed by atoms with Crippen LogP contribution in [0.5, 0.6) is 0 Å². The predicted octanol–water partition coefficient (Wildman–Crippen LogP) is 1.53. The Bertz CT molecular complexity index is 543. The Morgan fingerprint density at radius 2 is 2.14 bits per heavy atom. The maximum Gasteiger partial charge on any atom is 0.269 e. The van der Waals surface area contributed by atoms with Crippen molar-refractivity contribution >= 4 is 11.6 Å². The molecular formula is C15H21N3O4. The molecule has 2 atom stereocenters. The van der Waals surface area contributed by atoms with Crippen LogP contribution in [0.4, 0.5) is 5.69 Å². The molecule has 0 bridgehead atoms. The molecule has 120 valence electrons. The third kappa shape index (κ3) is 4.02. The van der Waals surface area contributed by atoms with Gasteiger partial charge in [0.05, 0.1) is 17.0 Å². The van der Waals surface area contributed by atoms with Crippen molar-refractivity contribution in [3.8, 4) is 0 Å². The van der Waals surface area contributed by atoms with Crippen LogP contribution in [-0.2, 0) is 9.53 Å². The zero-order valence-electron chi connectivity index (χ0n) is 12.5. The lowest BCUT2D eigenvalue weighted by Gasteiger charge is -2.27. The molecule has 0 aromatic heterocycles. The summed E-state index contributed by atoms with van der Waals surface area (Å²) in [5.74, 6) is -0.114. The predicted molar refractivity (Wildman–Crippen MR) is 81.2 cm³/mol. The summed E-state index contributed by atoms with van der Waals surface area (Å²) in [6, 6.07) is 5.33. The van der Waals surface area contributed by atoms with E-state index in [0.29, 0.717) is 18.8 Å². The van der Waals surface area contributed by atoms with E-state index in [-0.39, 0.29) is 23.6 Å². The monoisotopic (exact) mass is 307 g/mol. The Morgan fingerprint density at radius 3 is 2.77 bits per heavy atom. The molecule has 1 saturated heterocycles. The summed E-state index contributed by atoms with van der Waals surface area (Å²) in [5, 5.41) is 13.6. The molecule has 1 amide bonds. The summed E-state index contributed by atoms with van der Waals surface area (Å²) in [5.41, 5.74) is 6.71. The van der Waals surface area contributed by atoms with Gasteiger partial charge in [-0.1, -0.05) is 12.1 Å². The van der Waals surface area contributed by atoms with E-state index in [1.165, 1.54) is 12.1 Å². The summed E-state index contributed by atoms with van der Waals surface area (Å²) in [6.07, 6.45) is 1.56. The van der Waals surface area contributed by atoms with Gasteiger partial charge in [-0.05, 0) is 31.2 Å². The molecule has 1 aromatic carbocycles. The van der Waals surface area contributed by atoms with E-state index in [1.807, 2.05) is 0 Å².